The molecule has 0 aliphatic heterocycles. The number of anilines is 1. The Labute approximate surface area is 128 Å². The molecule has 0 spiro atoms. The van der Waals surface area contributed by atoms with Gasteiger partial charge in [-0.15, -0.1) is 0 Å². The van der Waals surface area contributed by atoms with Crippen LogP contribution in [0.25, 0.3) is 0 Å². The van der Waals surface area contributed by atoms with E-state index < -0.39 is 0 Å². The molecule has 0 aromatic heterocycles. The standard InChI is InChI=1S/C19H26N2/c1-3-17-10-7-8-11-18(17)16-20-14-9-15-21(2)19-12-5-4-6-13-19/h4-8,10-13,20H,3,9,14-16H2,1-2H3. The first-order valence-corrected chi connectivity index (χ1v) is 7.85. The van der Waals surface area contributed by atoms with E-state index in [9.17, 15) is 0 Å². The quantitative estimate of drug-likeness (QED) is 0.740. The maximum atomic E-state index is 3.56. The minimum atomic E-state index is 0.971. The number of hydrogen-bond donors (Lipinski definition) is 1. The zero-order valence-electron chi connectivity index (χ0n) is 13.2. The van der Waals surface area contributed by atoms with Gasteiger partial charge in [-0.25, -0.2) is 0 Å². The Morgan fingerprint density at radius 2 is 1.57 bits per heavy atom. The van der Waals surface area contributed by atoms with Gasteiger partial charge >= 0.3 is 0 Å². The number of aryl methyl sites for hydroxylation is 1. The van der Waals surface area contributed by atoms with Gasteiger partial charge in [0.2, 0.25) is 0 Å². The largest absolute Gasteiger partial charge is 0.375 e. The van der Waals surface area contributed by atoms with Gasteiger partial charge in [-0.05, 0) is 42.6 Å². The average molecular weight is 282 g/mol. The van der Waals surface area contributed by atoms with E-state index in [0.717, 1.165) is 32.5 Å². The fourth-order valence-corrected chi connectivity index (χ4v) is 2.55. The number of nitrogens with zero attached hydrogens (tertiary/aromatic N) is 1. The molecule has 0 atom stereocenters. The summed E-state index contributed by atoms with van der Waals surface area (Å²) in [5.41, 5.74) is 4.16. The summed E-state index contributed by atoms with van der Waals surface area (Å²) in [6.45, 7) is 5.31. The van der Waals surface area contributed by atoms with Crippen LogP contribution in [0.15, 0.2) is 54.6 Å². The maximum Gasteiger partial charge on any atom is 0.0363 e. The summed E-state index contributed by atoms with van der Waals surface area (Å²) < 4.78 is 0. The molecule has 0 aliphatic rings. The normalized spacial score (nSPS) is 10.6. The summed E-state index contributed by atoms with van der Waals surface area (Å²) in [6.07, 6.45) is 2.26. The van der Waals surface area contributed by atoms with Crippen LogP contribution in [0.5, 0.6) is 0 Å². The van der Waals surface area contributed by atoms with Crippen molar-refractivity contribution in [3.8, 4) is 0 Å². The minimum absolute atomic E-state index is 0.971. The highest BCUT2D eigenvalue weighted by atomic mass is 15.1. The fourth-order valence-electron chi connectivity index (χ4n) is 2.55. The molecule has 0 fully saturated rings. The Kier molecular flexibility index (Phi) is 6.29. The van der Waals surface area contributed by atoms with Crippen molar-refractivity contribution in [2.75, 3.05) is 25.0 Å². The Hall–Kier alpha value is -1.80. The van der Waals surface area contributed by atoms with E-state index in [1.807, 2.05) is 0 Å². The van der Waals surface area contributed by atoms with Gasteiger partial charge < -0.3 is 10.2 Å². The van der Waals surface area contributed by atoms with Crippen LogP contribution in [0.2, 0.25) is 0 Å². The van der Waals surface area contributed by atoms with E-state index in [4.69, 9.17) is 0 Å². The molecule has 112 valence electrons. The van der Waals surface area contributed by atoms with Gasteiger partial charge in [-0.2, -0.15) is 0 Å². The molecule has 2 nitrogen and oxygen atoms in total. The molecule has 0 radical (unpaired) electrons. The molecule has 0 unspecified atom stereocenters. The highest BCUT2D eigenvalue weighted by Gasteiger charge is 2.01. The van der Waals surface area contributed by atoms with Crippen LogP contribution in [0.1, 0.15) is 24.5 Å². The van der Waals surface area contributed by atoms with E-state index in [0.29, 0.717) is 0 Å². The predicted molar refractivity (Wildman–Crippen MR) is 91.9 cm³/mol. The van der Waals surface area contributed by atoms with Gasteiger partial charge in [-0.1, -0.05) is 49.4 Å². The van der Waals surface area contributed by atoms with Gasteiger partial charge in [0.25, 0.3) is 0 Å². The van der Waals surface area contributed by atoms with Crippen LogP contribution in [-0.2, 0) is 13.0 Å². The molecular formula is C19H26N2. The van der Waals surface area contributed by atoms with Crippen molar-refractivity contribution in [1.82, 2.24) is 5.32 Å². The molecule has 2 aromatic rings. The molecule has 2 rings (SSSR count). The summed E-state index contributed by atoms with van der Waals surface area (Å²) in [6, 6.07) is 19.2. The molecule has 0 bridgehead atoms. The van der Waals surface area contributed by atoms with E-state index in [1.165, 1.54) is 16.8 Å². The number of hydrogen-bond acceptors (Lipinski definition) is 2. The molecule has 2 aromatic carbocycles. The third-order valence-corrected chi connectivity index (χ3v) is 3.86. The predicted octanol–water partition coefficient (Wildman–Crippen LogP) is 3.87. The lowest BCUT2D eigenvalue weighted by atomic mass is 10.1. The lowest BCUT2D eigenvalue weighted by molar-refractivity contribution is 0.643. The Morgan fingerprint density at radius 1 is 0.905 bits per heavy atom. The van der Waals surface area contributed by atoms with E-state index in [2.05, 4.69) is 78.8 Å². The fraction of sp³-hybridized carbons (Fsp3) is 0.368. The molecule has 2 heteroatoms. The number of para-hydroxylation sites is 1. The monoisotopic (exact) mass is 282 g/mol. The number of benzene rings is 2. The second kappa shape index (κ2) is 8.48. The van der Waals surface area contributed by atoms with Gasteiger partial charge in [0.1, 0.15) is 0 Å². The van der Waals surface area contributed by atoms with Crippen molar-refractivity contribution in [2.45, 2.75) is 26.3 Å². The van der Waals surface area contributed by atoms with E-state index in [-0.39, 0.29) is 0 Å². The summed E-state index contributed by atoms with van der Waals surface area (Å²) in [4.78, 5) is 2.31. The van der Waals surface area contributed by atoms with Crippen LogP contribution in [0.4, 0.5) is 5.69 Å². The molecule has 0 saturated carbocycles. The summed E-state index contributed by atoms with van der Waals surface area (Å²) in [5.74, 6) is 0. The van der Waals surface area contributed by atoms with E-state index >= 15 is 0 Å². The van der Waals surface area contributed by atoms with Gasteiger partial charge in [0, 0.05) is 25.8 Å². The summed E-state index contributed by atoms with van der Waals surface area (Å²) in [7, 11) is 2.15. The second-order valence-electron chi connectivity index (χ2n) is 5.41. The van der Waals surface area contributed by atoms with Gasteiger partial charge in [0.15, 0.2) is 0 Å². The van der Waals surface area contributed by atoms with Crippen molar-refractivity contribution in [3.05, 3.63) is 65.7 Å². The Balaban J connectivity index is 1.68. The van der Waals surface area contributed by atoms with Crippen molar-refractivity contribution < 1.29 is 0 Å². The first kappa shape index (κ1) is 15.6. The smallest absolute Gasteiger partial charge is 0.0363 e. The van der Waals surface area contributed by atoms with Crippen LogP contribution in [-0.4, -0.2) is 20.1 Å². The lowest BCUT2D eigenvalue weighted by Crippen LogP contribution is -2.23. The highest BCUT2D eigenvalue weighted by Crippen LogP contribution is 2.11. The Morgan fingerprint density at radius 3 is 2.29 bits per heavy atom. The first-order chi connectivity index (χ1) is 10.3. The molecule has 0 aliphatic carbocycles. The zero-order chi connectivity index (χ0) is 14.9. The first-order valence-electron chi connectivity index (χ1n) is 7.85. The SMILES string of the molecule is CCc1ccccc1CNCCCN(C)c1ccccc1. The van der Waals surface area contributed by atoms with Crippen molar-refractivity contribution >= 4 is 5.69 Å². The number of nitrogens with one attached hydrogen (secondary N) is 1. The zero-order valence-corrected chi connectivity index (χ0v) is 13.2. The van der Waals surface area contributed by atoms with Gasteiger partial charge in [0.05, 0.1) is 0 Å². The minimum Gasteiger partial charge on any atom is -0.375 e. The van der Waals surface area contributed by atoms with Crippen molar-refractivity contribution in [3.63, 3.8) is 0 Å². The van der Waals surface area contributed by atoms with Crippen LogP contribution in [0, 0.1) is 0 Å². The van der Waals surface area contributed by atoms with Crippen molar-refractivity contribution in [1.29, 1.82) is 0 Å². The third-order valence-electron chi connectivity index (χ3n) is 3.86. The van der Waals surface area contributed by atoms with Crippen LogP contribution < -0.4 is 10.2 Å². The molecule has 0 amide bonds. The average Bonchev–Trinajstić information content (AvgIpc) is 2.55. The molecule has 1 N–H and O–H groups in total. The Bertz CT molecular complexity index is 522. The second-order valence-corrected chi connectivity index (χ2v) is 5.41. The summed E-state index contributed by atoms with van der Waals surface area (Å²) >= 11 is 0. The van der Waals surface area contributed by atoms with Crippen LogP contribution in [0.3, 0.4) is 0 Å². The highest BCUT2D eigenvalue weighted by molar-refractivity contribution is 5.44. The molecule has 21 heavy (non-hydrogen) atoms. The number of rotatable bonds is 8. The van der Waals surface area contributed by atoms with Crippen molar-refractivity contribution in [2.24, 2.45) is 0 Å². The third kappa shape index (κ3) is 4.91. The molecular weight excluding hydrogens is 256 g/mol. The summed E-state index contributed by atoms with van der Waals surface area (Å²) in [5, 5.41) is 3.56. The lowest BCUT2D eigenvalue weighted by Gasteiger charge is -2.19. The van der Waals surface area contributed by atoms with Crippen LogP contribution >= 0.6 is 0 Å². The topological polar surface area (TPSA) is 15.3 Å². The molecule has 0 saturated heterocycles. The molecule has 0 heterocycles. The maximum absolute atomic E-state index is 3.56. The van der Waals surface area contributed by atoms with E-state index in [1.54, 1.807) is 0 Å². The van der Waals surface area contributed by atoms with Gasteiger partial charge in [-0.3, -0.25) is 0 Å².